The molecule has 0 spiro atoms. The van der Waals surface area contributed by atoms with Gasteiger partial charge in [0.15, 0.2) is 0 Å². The Bertz CT molecular complexity index is 528. The molecule has 2 aromatic carbocycles. The van der Waals surface area contributed by atoms with Crippen molar-refractivity contribution in [3.8, 4) is 11.5 Å². The first-order valence-electron chi connectivity index (χ1n) is 5.97. The number of ether oxygens (including phenoxy) is 2. The average Bonchev–Trinajstić information content (AvgIpc) is 2.46. The summed E-state index contributed by atoms with van der Waals surface area (Å²) < 4.78 is 10.8. The lowest BCUT2D eigenvalue weighted by Crippen LogP contribution is -2.18. The van der Waals surface area contributed by atoms with E-state index in [1.807, 2.05) is 48.5 Å². The molecular weight excluding hydrogens is 262 g/mol. The minimum atomic E-state index is -0.191. The third kappa shape index (κ3) is 3.88. The number of nitrogens with two attached hydrogens (primary N) is 1. The van der Waals surface area contributed by atoms with Crippen molar-refractivity contribution >= 4 is 11.6 Å². The van der Waals surface area contributed by atoms with Gasteiger partial charge in [-0.1, -0.05) is 29.8 Å². The molecule has 2 aromatic rings. The second-order valence-electron chi connectivity index (χ2n) is 4.15. The molecule has 1 atom stereocenters. The van der Waals surface area contributed by atoms with Gasteiger partial charge in [0.25, 0.3) is 0 Å². The largest absolute Gasteiger partial charge is 0.497 e. The summed E-state index contributed by atoms with van der Waals surface area (Å²) in [4.78, 5) is 0. The lowest BCUT2D eigenvalue weighted by atomic mass is 10.1. The second kappa shape index (κ2) is 6.45. The zero-order valence-electron chi connectivity index (χ0n) is 10.7. The smallest absolute Gasteiger partial charge is 0.123 e. The van der Waals surface area contributed by atoms with Gasteiger partial charge in [-0.3, -0.25) is 0 Å². The van der Waals surface area contributed by atoms with Crippen molar-refractivity contribution in [3.05, 3.63) is 59.1 Å². The summed E-state index contributed by atoms with van der Waals surface area (Å²) in [5.74, 6) is 1.50. The van der Waals surface area contributed by atoms with Crippen molar-refractivity contribution < 1.29 is 9.47 Å². The highest BCUT2D eigenvalue weighted by molar-refractivity contribution is 6.30. The molecule has 3 nitrogen and oxygen atoms in total. The predicted octanol–water partition coefficient (Wildman–Crippen LogP) is 3.43. The third-order valence-corrected chi connectivity index (χ3v) is 3.02. The normalized spacial score (nSPS) is 11.9. The van der Waals surface area contributed by atoms with Gasteiger partial charge in [0.2, 0.25) is 0 Å². The molecule has 0 fully saturated rings. The van der Waals surface area contributed by atoms with Gasteiger partial charge in [0, 0.05) is 11.1 Å². The Morgan fingerprint density at radius 1 is 1.11 bits per heavy atom. The highest BCUT2D eigenvalue weighted by Gasteiger charge is 2.07. The fourth-order valence-electron chi connectivity index (χ4n) is 1.68. The Kier molecular flexibility index (Phi) is 4.66. The van der Waals surface area contributed by atoms with Crippen LogP contribution in [0.25, 0.3) is 0 Å². The van der Waals surface area contributed by atoms with E-state index in [1.165, 1.54) is 0 Å². The maximum absolute atomic E-state index is 6.06. The Labute approximate surface area is 117 Å². The van der Waals surface area contributed by atoms with E-state index in [4.69, 9.17) is 26.8 Å². The van der Waals surface area contributed by atoms with E-state index in [9.17, 15) is 0 Å². The minimum absolute atomic E-state index is 0.191. The summed E-state index contributed by atoms with van der Waals surface area (Å²) in [6.07, 6.45) is 0. The summed E-state index contributed by atoms with van der Waals surface area (Å²) >= 11 is 5.84. The molecule has 0 saturated carbocycles. The number of halogens is 1. The molecule has 0 aliphatic heterocycles. The van der Waals surface area contributed by atoms with Gasteiger partial charge in [-0.05, 0) is 29.8 Å². The van der Waals surface area contributed by atoms with Gasteiger partial charge in [0.1, 0.15) is 18.1 Å². The van der Waals surface area contributed by atoms with Crippen LogP contribution in [0.5, 0.6) is 11.5 Å². The summed E-state index contributed by atoms with van der Waals surface area (Å²) in [6.45, 7) is 0.398. The molecule has 0 saturated heterocycles. The molecule has 100 valence electrons. The molecule has 2 N–H and O–H groups in total. The molecule has 4 heteroatoms. The van der Waals surface area contributed by atoms with E-state index in [0.717, 1.165) is 17.1 Å². The Hall–Kier alpha value is -1.71. The first-order valence-corrected chi connectivity index (χ1v) is 6.35. The van der Waals surface area contributed by atoms with Crippen LogP contribution >= 0.6 is 11.6 Å². The minimum Gasteiger partial charge on any atom is -0.497 e. The van der Waals surface area contributed by atoms with Gasteiger partial charge in [0.05, 0.1) is 13.2 Å². The van der Waals surface area contributed by atoms with Gasteiger partial charge in [-0.2, -0.15) is 0 Å². The Morgan fingerprint density at radius 2 is 1.79 bits per heavy atom. The summed E-state index contributed by atoms with van der Waals surface area (Å²) in [6, 6.07) is 14.7. The number of benzene rings is 2. The molecule has 1 unspecified atom stereocenters. The average molecular weight is 278 g/mol. The molecule has 0 heterocycles. The monoisotopic (exact) mass is 277 g/mol. The molecule has 0 radical (unpaired) electrons. The molecule has 0 aliphatic rings. The fourth-order valence-corrected chi connectivity index (χ4v) is 1.81. The van der Waals surface area contributed by atoms with E-state index >= 15 is 0 Å². The van der Waals surface area contributed by atoms with Crippen molar-refractivity contribution in [2.24, 2.45) is 5.73 Å². The van der Waals surface area contributed by atoms with E-state index in [-0.39, 0.29) is 6.04 Å². The van der Waals surface area contributed by atoms with E-state index in [1.54, 1.807) is 7.11 Å². The Morgan fingerprint density at radius 3 is 2.47 bits per heavy atom. The molecule has 0 amide bonds. The lowest BCUT2D eigenvalue weighted by Gasteiger charge is -2.14. The highest BCUT2D eigenvalue weighted by atomic mass is 35.5. The SMILES string of the molecule is COc1cccc(OCC(N)c2ccc(Cl)cc2)c1. The maximum atomic E-state index is 6.06. The second-order valence-corrected chi connectivity index (χ2v) is 4.58. The van der Waals surface area contributed by atoms with E-state index in [0.29, 0.717) is 11.6 Å². The van der Waals surface area contributed by atoms with Crippen LogP contribution in [0.3, 0.4) is 0 Å². The number of hydrogen-bond donors (Lipinski definition) is 1. The zero-order chi connectivity index (χ0) is 13.7. The van der Waals surface area contributed by atoms with Gasteiger partial charge in [-0.15, -0.1) is 0 Å². The molecule has 0 aromatic heterocycles. The maximum Gasteiger partial charge on any atom is 0.123 e. The first-order chi connectivity index (χ1) is 9.19. The van der Waals surface area contributed by atoms with Gasteiger partial charge < -0.3 is 15.2 Å². The van der Waals surface area contributed by atoms with Crippen LogP contribution in [-0.4, -0.2) is 13.7 Å². The zero-order valence-corrected chi connectivity index (χ0v) is 11.4. The quantitative estimate of drug-likeness (QED) is 0.911. The van der Waals surface area contributed by atoms with E-state index < -0.39 is 0 Å². The summed E-state index contributed by atoms with van der Waals surface area (Å²) in [5.41, 5.74) is 7.06. The van der Waals surface area contributed by atoms with Crippen molar-refractivity contribution in [1.29, 1.82) is 0 Å². The van der Waals surface area contributed by atoms with Crippen LogP contribution in [0, 0.1) is 0 Å². The van der Waals surface area contributed by atoms with Crippen molar-refractivity contribution in [1.82, 2.24) is 0 Å². The third-order valence-electron chi connectivity index (χ3n) is 2.77. The number of rotatable bonds is 5. The van der Waals surface area contributed by atoms with Crippen LogP contribution in [-0.2, 0) is 0 Å². The van der Waals surface area contributed by atoms with Gasteiger partial charge in [-0.25, -0.2) is 0 Å². The van der Waals surface area contributed by atoms with Crippen molar-refractivity contribution in [2.45, 2.75) is 6.04 Å². The Balaban J connectivity index is 1.96. The molecule has 2 rings (SSSR count). The van der Waals surface area contributed by atoms with Crippen LogP contribution in [0.4, 0.5) is 0 Å². The van der Waals surface area contributed by atoms with Gasteiger partial charge >= 0.3 is 0 Å². The van der Waals surface area contributed by atoms with Crippen LogP contribution in [0.15, 0.2) is 48.5 Å². The first kappa shape index (κ1) is 13.7. The fraction of sp³-hybridized carbons (Fsp3) is 0.200. The van der Waals surface area contributed by atoms with E-state index in [2.05, 4.69) is 0 Å². The van der Waals surface area contributed by atoms with Crippen molar-refractivity contribution in [2.75, 3.05) is 13.7 Å². The number of methoxy groups -OCH3 is 1. The molecule has 0 bridgehead atoms. The number of hydrogen-bond acceptors (Lipinski definition) is 3. The van der Waals surface area contributed by atoms with Crippen LogP contribution in [0.2, 0.25) is 5.02 Å². The molecule has 0 aliphatic carbocycles. The summed E-state index contributed by atoms with van der Waals surface area (Å²) in [5, 5.41) is 0.699. The van der Waals surface area contributed by atoms with Crippen LogP contribution in [0.1, 0.15) is 11.6 Å². The van der Waals surface area contributed by atoms with Crippen molar-refractivity contribution in [3.63, 3.8) is 0 Å². The van der Waals surface area contributed by atoms with Crippen LogP contribution < -0.4 is 15.2 Å². The highest BCUT2D eigenvalue weighted by Crippen LogP contribution is 2.21. The molecular formula is C15H16ClNO2. The predicted molar refractivity (Wildman–Crippen MR) is 76.9 cm³/mol. The molecule has 19 heavy (non-hydrogen) atoms. The standard InChI is InChI=1S/C15H16ClNO2/c1-18-13-3-2-4-14(9-13)19-10-15(17)11-5-7-12(16)8-6-11/h2-9,15H,10,17H2,1H3. The topological polar surface area (TPSA) is 44.5 Å². The summed E-state index contributed by atoms with van der Waals surface area (Å²) in [7, 11) is 1.62. The lowest BCUT2D eigenvalue weighted by molar-refractivity contribution is 0.289.